The zero-order valence-corrected chi connectivity index (χ0v) is 32.1. The summed E-state index contributed by atoms with van der Waals surface area (Å²) in [5.41, 5.74) is 0. The molecule has 50 heavy (non-hydrogen) atoms. The van der Waals surface area contributed by atoms with E-state index in [1.165, 1.54) is 0 Å². The number of ether oxygens (including phenoxy) is 3. The largest absolute Gasteiger partial charge is 0.477 e. The van der Waals surface area contributed by atoms with Gasteiger partial charge in [-0.3, -0.25) is 9.59 Å². The van der Waals surface area contributed by atoms with Gasteiger partial charge in [0.25, 0.3) is 0 Å². The lowest BCUT2D eigenvalue weighted by atomic mass is 10.1. The molecule has 0 spiro atoms. The van der Waals surface area contributed by atoms with Crippen LogP contribution in [-0.4, -0.2) is 80.6 Å². The second kappa shape index (κ2) is 32.9. The van der Waals surface area contributed by atoms with Crippen molar-refractivity contribution in [1.82, 2.24) is 0 Å². The summed E-state index contributed by atoms with van der Waals surface area (Å²) in [5, 5.41) is 9.58. The molecule has 8 heteroatoms. The highest BCUT2D eigenvalue weighted by Gasteiger charge is 2.31. The Labute approximate surface area is 304 Å². The maximum atomic E-state index is 12.6. The van der Waals surface area contributed by atoms with Gasteiger partial charge in [-0.1, -0.05) is 99.6 Å². The molecular formula is C42H70NO7+. The van der Waals surface area contributed by atoms with Crippen molar-refractivity contribution in [2.75, 3.05) is 41.0 Å². The van der Waals surface area contributed by atoms with E-state index >= 15 is 0 Å². The summed E-state index contributed by atoms with van der Waals surface area (Å²) in [4.78, 5) is 36.8. The number of allylic oxidation sites excluding steroid dienone is 12. The molecule has 0 aliphatic carbocycles. The molecule has 284 valence electrons. The molecular weight excluding hydrogens is 630 g/mol. The number of carboxylic acid groups (broad SMARTS) is 1. The van der Waals surface area contributed by atoms with E-state index in [0.717, 1.165) is 83.5 Å². The van der Waals surface area contributed by atoms with Crippen molar-refractivity contribution in [3.63, 3.8) is 0 Å². The molecule has 0 saturated carbocycles. The number of hydrogen-bond acceptors (Lipinski definition) is 6. The SMILES string of the molecule is CC/C=C/C/C=C/C/C=C/CCCCCCC(=O)OC(COCCC(C(=O)O)[N+](C)(C)C)COC(=O)CCCC/C=C/C/C=C/C/C=C/CC. The van der Waals surface area contributed by atoms with Crippen molar-refractivity contribution in [2.45, 2.75) is 135 Å². The second-order valence-electron chi connectivity index (χ2n) is 13.4. The van der Waals surface area contributed by atoms with Crippen LogP contribution in [0.25, 0.3) is 0 Å². The van der Waals surface area contributed by atoms with Crippen molar-refractivity contribution < 1.29 is 38.2 Å². The third kappa shape index (κ3) is 30.8. The first-order valence-corrected chi connectivity index (χ1v) is 19.0. The minimum absolute atomic E-state index is 0.0353. The topological polar surface area (TPSA) is 99.1 Å². The van der Waals surface area contributed by atoms with Gasteiger partial charge in [0.1, 0.15) is 6.61 Å². The first-order valence-electron chi connectivity index (χ1n) is 19.0. The van der Waals surface area contributed by atoms with E-state index in [9.17, 15) is 19.5 Å². The lowest BCUT2D eigenvalue weighted by Crippen LogP contribution is -2.50. The van der Waals surface area contributed by atoms with Crippen LogP contribution in [0.1, 0.15) is 123 Å². The zero-order valence-electron chi connectivity index (χ0n) is 32.1. The molecule has 0 amide bonds. The van der Waals surface area contributed by atoms with Gasteiger partial charge in [0, 0.05) is 19.3 Å². The summed E-state index contributed by atoms with van der Waals surface area (Å²) in [6, 6.07) is -0.626. The van der Waals surface area contributed by atoms with E-state index in [-0.39, 0.29) is 36.2 Å². The number of hydrogen-bond donors (Lipinski definition) is 1. The van der Waals surface area contributed by atoms with Gasteiger partial charge in [0.05, 0.1) is 34.4 Å². The highest BCUT2D eigenvalue weighted by Crippen LogP contribution is 2.11. The van der Waals surface area contributed by atoms with Gasteiger partial charge in [0.2, 0.25) is 0 Å². The molecule has 0 aromatic heterocycles. The Morgan fingerprint density at radius 2 is 1.06 bits per heavy atom. The Morgan fingerprint density at radius 1 is 0.600 bits per heavy atom. The van der Waals surface area contributed by atoms with E-state index in [1.807, 2.05) is 21.1 Å². The Balaban J connectivity index is 4.54. The molecule has 0 aromatic rings. The molecule has 0 bridgehead atoms. The van der Waals surface area contributed by atoms with Crippen molar-refractivity contribution in [3.8, 4) is 0 Å². The van der Waals surface area contributed by atoms with E-state index in [2.05, 4.69) is 86.8 Å². The molecule has 0 aliphatic heterocycles. The van der Waals surface area contributed by atoms with Crippen molar-refractivity contribution >= 4 is 17.9 Å². The number of carbonyl (C=O) groups is 3. The number of quaternary nitrogens is 1. The quantitative estimate of drug-likeness (QED) is 0.0323. The fraction of sp³-hybridized carbons (Fsp3) is 0.643. The molecule has 0 fully saturated rings. The van der Waals surface area contributed by atoms with Gasteiger partial charge in [-0.25, -0.2) is 4.79 Å². The van der Waals surface area contributed by atoms with Crippen LogP contribution in [0.4, 0.5) is 0 Å². The Bertz CT molecular complexity index is 1050. The van der Waals surface area contributed by atoms with Crippen LogP contribution in [0, 0.1) is 0 Å². The van der Waals surface area contributed by atoms with Gasteiger partial charge in [-0.15, -0.1) is 0 Å². The molecule has 2 atom stereocenters. The average Bonchev–Trinajstić information content (AvgIpc) is 3.06. The normalized spacial score (nSPS) is 13.9. The Kier molecular flexibility index (Phi) is 30.8. The number of rotatable bonds is 32. The maximum Gasteiger partial charge on any atom is 0.362 e. The van der Waals surface area contributed by atoms with Gasteiger partial charge in [0.15, 0.2) is 12.1 Å². The molecule has 0 rings (SSSR count). The smallest absolute Gasteiger partial charge is 0.362 e. The molecule has 0 aromatic carbocycles. The van der Waals surface area contributed by atoms with Crippen LogP contribution in [0.2, 0.25) is 0 Å². The Hall–Kier alpha value is -3.23. The first-order chi connectivity index (χ1) is 24.1. The van der Waals surface area contributed by atoms with Crippen LogP contribution in [0.15, 0.2) is 72.9 Å². The van der Waals surface area contributed by atoms with E-state index < -0.39 is 18.1 Å². The second-order valence-corrected chi connectivity index (χ2v) is 13.4. The summed E-state index contributed by atoms with van der Waals surface area (Å²) >= 11 is 0. The predicted molar refractivity (Wildman–Crippen MR) is 206 cm³/mol. The summed E-state index contributed by atoms with van der Waals surface area (Å²) in [5.74, 6) is -1.56. The fourth-order valence-electron chi connectivity index (χ4n) is 4.94. The van der Waals surface area contributed by atoms with E-state index in [4.69, 9.17) is 14.2 Å². The standard InChI is InChI=1S/C42H69NO7/c1-6-8-10-12-14-16-18-20-21-23-25-27-29-31-33-41(45)50-38(36-48-35-34-39(42(46)47)43(3,4)5)37-49-40(44)32-30-28-26-24-22-19-17-15-13-11-9-7-2/h8-11,14-17,20-22,24,38-39H,6-7,12-13,18-19,23,25-37H2,1-5H3/p+1/b10-8+,11-9+,16-14+,17-15+,21-20+,24-22+. The van der Waals surface area contributed by atoms with Crippen molar-refractivity contribution in [2.24, 2.45) is 0 Å². The van der Waals surface area contributed by atoms with Crippen LogP contribution in [0.5, 0.6) is 0 Å². The summed E-state index contributed by atoms with van der Waals surface area (Å²) < 4.78 is 17.1. The predicted octanol–water partition coefficient (Wildman–Crippen LogP) is 9.63. The minimum Gasteiger partial charge on any atom is -0.477 e. The number of nitrogens with zero attached hydrogens (tertiary/aromatic N) is 1. The lowest BCUT2D eigenvalue weighted by molar-refractivity contribution is -0.887. The minimum atomic E-state index is -0.889. The number of esters is 2. The number of likely N-dealkylation sites (N-methyl/N-ethyl adjacent to an activating group) is 1. The van der Waals surface area contributed by atoms with Gasteiger partial charge >= 0.3 is 17.9 Å². The zero-order chi connectivity index (χ0) is 37.1. The fourth-order valence-corrected chi connectivity index (χ4v) is 4.94. The first kappa shape index (κ1) is 46.8. The maximum absolute atomic E-state index is 12.6. The summed E-state index contributed by atoms with van der Waals surface area (Å²) in [6.45, 7) is 4.40. The third-order valence-corrected chi connectivity index (χ3v) is 7.85. The highest BCUT2D eigenvalue weighted by molar-refractivity contribution is 5.72. The molecule has 8 nitrogen and oxygen atoms in total. The van der Waals surface area contributed by atoms with Crippen LogP contribution < -0.4 is 0 Å². The number of aliphatic carboxylic acids is 1. The van der Waals surface area contributed by atoms with Gasteiger partial charge in [-0.05, 0) is 77.0 Å². The van der Waals surface area contributed by atoms with E-state index in [1.54, 1.807) is 0 Å². The molecule has 0 aliphatic rings. The van der Waals surface area contributed by atoms with Crippen molar-refractivity contribution in [3.05, 3.63) is 72.9 Å². The highest BCUT2D eigenvalue weighted by atomic mass is 16.6. The molecule has 0 radical (unpaired) electrons. The molecule has 2 unspecified atom stereocenters. The van der Waals surface area contributed by atoms with Crippen LogP contribution >= 0.6 is 0 Å². The molecule has 0 saturated heterocycles. The molecule has 1 N–H and O–H groups in total. The average molecular weight is 701 g/mol. The molecule has 0 heterocycles. The van der Waals surface area contributed by atoms with Crippen LogP contribution in [-0.2, 0) is 28.6 Å². The van der Waals surface area contributed by atoms with E-state index in [0.29, 0.717) is 25.7 Å². The number of carboxylic acids is 1. The number of unbranched alkanes of at least 4 members (excludes halogenated alkanes) is 6. The van der Waals surface area contributed by atoms with Gasteiger partial charge < -0.3 is 23.8 Å². The third-order valence-electron chi connectivity index (χ3n) is 7.85. The van der Waals surface area contributed by atoms with Crippen LogP contribution in [0.3, 0.4) is 0 Å². The Morgan fingerprint density at radius 3 is 1.58 bits per heavy atom. The monoisotopic (exact) mass is 701 g/mol. The van der Waals surface area contributed by atoms with Gasteiger partial charge in [-0.2, -0.15) is 0 Å². The number of carbonyl (C=O) groups excluding carboxylic acids is 2. The lowest BCUT2D eigenvalue weighted by Gasteiger charge is -2.31. The summed E-state index contributed by atoms with van der Waals surface area (Å²) in [6.07, 6.45) is 39.5. The van der Waals surface area contributed by atoms with Crippen molar-refractivity contribution in [1.29, 1.82) is 0 Å². The summed E-state index contributed by atoms with van der Waals surface area (Å²) in [7, 11) is 5.48.